The number of sulfonamides is 1. The van der Waals surface area contributed by atoms with Crippen LogP contribution in [0.15, 0.2) is 12.2 Å². The zero-order valence-electron chi connectivity index (χ0n) is 13.8. The fourth-order valence-electron chi connectivity index (χ4n) is 3.98. The highest BCUT2D eigenvalue weighted by molar-refractivity contribution is 7.89. The third kappa shape index (κ3) is 3.79. The van der Waals surface area contributed by atoms with Crippen molar-refractivity contribution in [1.29, 1.82) is 0 Å². The van der Waals surface area contributed by atoms with Crippen molar-refractivity contribution >= 4 is 15.9 Å². The first-order valence-electron chi connectivity index (χ1n) is 9.02. The predicted molar refractivity (Wildman–Crippen MR) is 90.4 cm³/mol. The second kappa shape index (κ2) is 7.34. The van der Waals surface area contributed by atoms with Crippen molar-refractivity contribution in [3.63, 3.8) is 0 Å². The number of allylic oxidation sites excluding steroid dienone is 2. The normalized spacial score (nSPS) is 28.0. The van der Waals surface area contributed by atoms with Crippen molar-refractivity contribution in [3.05, 3.63) is 12.2 Å². The summed E-state index contributed by atoms with van der Waals surface area (Å²) in [5.41, 5.74) is 0. The van der Waals surface area contributed by atoms with Crippen molar-refractivity contribution in [3.8, 4) is 0 Å². The molecule has 1 aliphatic carbocycles. The molecule has 23 heavy (non-hydrogen) atoms. The van der Waals surface area contributed by atoms with Gasteiger partial charge in [0, 0.05) is 32.1 Å². The van der Waals surface area contributed by atoms with Gasteiger partial charge in [-0.15, -0.1) is 0 Å². The fraction of sp³-hybridized carbons (Fsp3) is 0.824. The molecule has 0 bridgehead atoms. The lowest BCUT2D eigenvalue weighted by molar-refractivity contribution is -0.136. The van der Waals surface area contributed by atoms with Gasteiger partial charge in [-0.1, -0.05) is 18.6 Å². The third-order valence-corrected chi connectivity index (χ3v) is 7.87. The summed E-state index contributed by atoms with van der Waals surface area (Å²) < 4.78 is 27.1. The molecule has 0 saturated carbocycles. The number of piperidine rings is 2. The molecule has 2 saturated heterocycles. The van der Waals surface area contributed by atoms with Crippen LogP contribution >= 0.6 is 0 Å². The number of hydrogen-bond acceptors (Lipinski definition) is 3. The number of likely N-dealkylation sites (tertiary alicyclic amines) is 1. The maximum absolute atomic E-state index is 12.7. The van der Waals surface area contributed by atoms with Crippen LogP contribution in [0, 0.1) is 5.92 Å². The Labute approximate surface area is 139 Å². The number of nitrogens with zero attached hydrogens (tertiary/aromatic N) is 2. The second-order valence-electron chi connectivity index (χ2n) is 7.01. The average Bonchev–Trinajstić information content (AvgIpc) is 2.63. The van der Waals surface area contributed by atoms with Crippen molar-refractivity contribution in [2.45, 2.75) is 56.6 Å². The van der Waals surface area contributed by atoms with Crippen LogP contribution in [0.1, 0.15) is 51.4 Å². The zero-order valence-corrected chi connectivity index (χ0v) is 14.6. The molecule has 0 aromatic rings. The minimum absolute atomic E-state index is 0.107. The monoisotopic (exact) mass is 340 g/mol. The van der Waals surface area contributed by atoms with Gasteiger partial charge in [0.05, 0.1) is 5.25 Å². The number of carbonyl (C=O) groups is 1. The Kier molecular flexibility index (Phi) is 5.42. The molecule has 0 radical (unpaired) electrons. The molecule has 6 heteroatoms. The third-order valence-electron chi connectivity index (χ3n) is 5.47. The molecule has 3 rings (SSSR count). The molecule has 0 spiro atoms. The molecule has 5 nitrogen and oxygen atoms in total. The molecular formula is C17H28N2O3S. The molecule has 2 heterocycles. The minimum Gasteiger partial charge on any atom is -0.342 e. The molecule has 0 aromatic heterocycles. The Bertz CT molecular complexity index is 544. The Balaban J connectivity index is 1.55. The largest absolute Gasteiger partial charge is 0.342 e. The number of rotatable bonds is 3. The van der Waals surface area contributed by atoms with E-state index in [1.807, 2.05) is 4.90 Å². The van der Waals surface area contributed by atoms with Gasteiger partial charge in [0.2, 0.25) is 15.9 Å². The van der Waals surface area contributed by atoms with Crippen molar-refractivity contribution in [1.82, 2.24) is 9.21 Å². The molecule has 1 amide bonds. The lowest BCUT2D eigenvalue weighted by atomic mass is 9.92. The van der Waals surface area contributed by atoms with E-state index in [-0.39, 0.29) is 17.1 Å². The summed E-state index contributed by atoms with van der Waals surface area (Å²) in [6, 6.07) is 0. The number of amides is 1. The molecule has 1 atom stereocenters. The van der Waals surface area contributed by atoms with Crippen molar-refractivity contribution < 1.29 is 13.2 Å². The number of hydrogen-bond donors (Lipinski definition) is 0. The van der Waals surface area contributed by atoms with E-state index in [0.717, 1.165) is 38.5 Å². The standard InChI is InChI=1S/C17H28N2O3S/c20-17(15-7-3-1-4-8-15)18-13-9-16(10-14-18)23(21,22)19-11-5-2-6-12-19/h1,3,15-16H,2,4-14H2. The highest BCUT2D eigenvalue weighted by Crippen LogP contribution is 2.27. The highest BCUT2D eigenvalue weighted by Gasteiger charge is 2.37. The Morgan fingerprint density at radius 1 is 0.913 bits per heavy atom. The quantitative estimate of drug-likeness (QED) is 0.740. The van der Waals surface area contributed by atoms with Gasteiger partial charge in [-0.3, -0.25) is 4.79 Å². The highest BCUT2D eigenvalue weighted by atomic mass is 32.2. The molecule has 0 N–H and O–H groups in total. The van der Waals surface area contributed by atoms with E-state index in [0.29, 0.717) is 39.0 Å². The summed E-state index contributed by atoms with van der Waals surface area (Å²) in [5.74, 6) is 0.332. The van der Waals surface area contributed by atoms with Crippen molar-refractivity contribution in [2.24, 2.45) is 5.92 Å². The first-order valence-corrected chi connectivity index (χ1v) is 10.5. The van der Waals surface area contributed by atoms with Crippen LogP contribution in [0.25, 0.3) is 0 Å². The fourth-order valence-corrected chi connectivity index (χ4v) is 5.98. The average molecular weight is 340 g/mol. The van der Waals surface area contributed by atoms with Crippen LogP contribution in [0.5, 0.6) is 0 Å². The first kappa shape index (κ1) is 17.0. The van der Waals surface area contributed by atoms with Gasteiger partial charge in [-0.25, -0.2) is 12.7 Å². The Morgan fingerprint density at radius 2 is 1.61 bits per heavy atom. The lowest BCUT2D eigenvalue weighted by Crippen LogP contribution is -2.49. The SMILES string of the molecule is O=C(C1CC=CCC1)N1CCC(S(=O)(=O)N2CCCCC2)CC1. The smallest absolute Gasteiger partial charge is 0.226 e. The van der Waals surface area contributed by atoms with Gasteiger partial charge < -0.3 is 4.90 Å². The summed E-state index contributed by atoms with van der Waals surface area (Å²) >= 11 is 0. The summed E-state index contributed by atoms with van der Waals surface area (Å²) in [4.78, 5) is 14.4. The maximum Gasteiger partial charge on any atom is 0.226 e. The van der Waals surface area contributed by atoms with E-state index < -0.39 is 10.0 Å². The van der Waals surface area contributed by atoms with Gasteiger partial charge in [0.15, 0.2) is 0 Å². The van der Waals surface area contributed by atoms with E-state index in [1.54, 1.807) is 4.31 Å². The summed E-state index contributed by atoms with van der Waals surface area (Å²) in [6.45, 7) is 2.54. The van der Waals surface area contributed by atoms with Crippen LogP contribution in [-0.4, -0.2) is 55.0 Å². The summed E-state index contributed by atoms with van der Waals surface area (Å²) in [5, 5.41) is -0.295. The Hall–Kier alpha value is -0.880. The van der Waals surface area contributed by atoms with Gasteiger partial charge >= 0.3 is 0 Å². The molecule has 130 valence electrons. The van der Waals surface area contributed by atoms with Gasteiger partial charge in [-0.2, -0.15) is 0 Å². The van der Waals surface area contributed by atoms with Crippen LogP contribution < -0.4 is 0 Å². The van der Waals surface area contributed by atoms with Crippen molar-refractivity contribution in [2.75, 3.05) is 26.2 Å². The maximum atomic E-state index is 12.7. The summed E-state index contributed by atoms with van der Waals surface area (Å²) in [6.07, 6.45) is 11.3. The molecule has 0 aromatic carbocycles. The van der Waals surface area contributed by atoms with E-state index >= 15 is 0 Å². The molecule has 2 fully saturated rings. The van der Waals surface area contributed by atoms with E-state index in [1.165, 1.54) is 0 Å². The molecular weight excluding hydrogens is 312 g/mol. The second-order valence-corrected chi connectivity index (χ2v) is 9.22. The lowest BCUT2D eigenvalue weighted by Gasteiger charge is -2.37. The predicted octanol–water partition coefficient (Wildman–Crippen LogP) is 2.15. The van der Waals surface area contributed by atoms with Crippen LogP contribution in [0.3, 0.4) is 0 Å². The molecule has 3 aliphatic rings. The van der Waals surface area contributed by atoms with Gasteiger partial charge in [-0.05, 0) is 44.9 Å². The van der Waals surface area contributed by atoms with E-state index in [9.17, 15) is 13.2 Å². The number of carbonyl (C=O) groups excluding carboxylic acids is 1. The zero-order chi connectivity index (χ0) is 16.3. The van der Waals surface area contributed by atoms with Crippen LogP contribution in [-0.2, 0) is 14.8 Å². The van der Waals surface area contributed by atoms with E-state index in [2.05, 4.69) is 12.2 Å². The van der Waals surface area contributed by atoms with Crippen LogP contribution in [0.2, 0.25) is 0 Å². The van der Waals surface area contributed by atoms with E-state index in [4.69, 9.17) is 0 Å². The Morgan fingerprint density at radius 3 is 2.22 bits per heavy atom. The molecule has 1 unspecified atom stereocenters. The summed E-state index contributed by atoms with van der Waals surface area (Å²) in [7, 11) is -3.17. The first-order chi connectivity index (χ1) is 11.1. The topological polar surface area (TPSA) is 57.7 Å². The minimum atomic E-state index is -3.17. The van der Waals surface area contributed by atoms with Gasteiger partial charge in [0.25, 0.3) is 0 Å². The molecule has 2 aliphatic heterocycles. The van der Waals surface area contributed by atoms with Crippen LogP contribution in [0.4, 0.5) is 0 Å². The van der Waals surface area contributed by atoms with Gasteiger partial charge in [0.1, 0.15) is 0 Å².